The van der Waals surface area contributed by atoms with E-state index in [0.717, 1.165) is 0 Å². The highest BCUT2D eigenvalue weighted by Crippen LogP contribution is 2.20. The molecule has 0 fully saturated rings. The molecule has 14 heavy (non-hydrogen) atoms. The van der Waals surface area contributed by atoms with Crippen LogP contribution in [0.1, 0.15) is 5.69 Å². The van der Waals surface area contributed by atoms with Crippen molar-refractivity contribution in [1.82, 2.24) is 9.97 Å². The largest absolute Gasteiger partial charge is 0.472 e. The van der Waals surface area contributed by atoms with Crippen LogP contribution in [0.4, 0.5) is 4.39 Å². The molecule has 2 rings (SSSR count). The minimum atomic E-state index is -0.584. The van der Waals surface area contributed by atoms with Gasteiger partial charge in [-0.1, -0.05) is 11.6 Å². The van der Waals surface area contributed by atoms with Gasteiger partial charge in [-0.25, -0.2) is 14.4 Å². The van der Waals surface area contributed by atoms with Gasteiger partial charge < -0.3 is 4.42 Å². The number of aromatic nitrogens is 2. The third kappa shape index (κ3) is 1.48. The van der Waals surface area contributed by atoms with E-state index in [1.807, 2.05) is 0 Å². The predicted molar refractivity (Wildman–Crippen MR) is 49.4 cm³/mol. The zero-order chi connectivity index (χ0) is 10.1. The Kier molecular flexibility index (Phi) is 2.21. The first-order valence-corrected chi connectivity index (χ1v) is 4.28. The number of furan rings is 1. The van der Waals surface area contributed by atoms with Gasteiger partial charge in [-0.05, 0) is 13.0 Å². The minimum absolute atomic E-state index is 0.172. The van der Waals surface area contributed by atoms with Crippen LogP contribution in [-0.2, 0) is 0 Å². The molecule has 0 amide bonds. The molecule has 0 aliphatic rings. The van der Waals surface area contributed by atoms with E-state index < -0.39 is 5.82 Å². The molecule has 0 radical (unpaired) electrons. The Labute approximate surface area is 84.6 Å². The molecule has 0 aliphatic heterocycles. The molecule has 0 N–H and O–H groups in total. The van der Waals surface area contributed by atoms with Crippen LogP contribution in [0, 0.1) is 12.7 Å². The second-order valence-electron chi connectivity index (χ2n) is 2.75. The summed E-state index contributed by atoms with van der Waals surface area (Å²) in [6.07, 6.45) is 2.97. The van der Waals surface area contributed by atoms with Gasteiger partial charge in [0.25, 0.3) is 0 Å². The summed E-state index contributed by atoms with van der Waals surface area (Å²) in [5.41, 5.74) is 0.899. The average Bonchev–Trinajstić information content (AvgIpc) is 2.66. The predicted octanol–water partition coefficient (Wildman–Crippen LogP) is 2.84. The molecule has 0 saturated heterocycles. The first-order chi connectivity index (χ1) is 6.68. The van der Waals surface area contributed by atoms with Crippen LogP contribution < -0.4 is 0 Å². The second kappa shape index (κ2) is 3.38. The van der Waals surface area contributed by atoms with Crippen molar-refractivity contribution in [2.45, 2.75) is 6.92 Å². The number of hydrogen-bond acceptors (Lipinski definition) is 3. The van der Waals surface area contributed by atoms with Crippen molar-refractivity contribution in [3.63, 3.8) is 0 Å². The van der Waals surface area contributed by atoms with E-state index in [1.54, 1.807) is 6.07 Å². The van der Waals surface area contributed by atoms with Gasteiger partial charge in [0.05, 0.1) is 17.5 Å². The zero-order valence-electron chi connectivity index (χ0n) is 7.29. The van der Waals surface area contributed by atoms with E-state index in [2.05, 4.69) is 9.97 Å². The molecule has 2 heterocycles. The normalized spacial score (nSPS) is 10.5. The van der Waals surface area contributed by atoms with Gasteiger partial charge in [0.2, 0.25) is 0 Å². The molecule has 2 aromatic rings. The number of halogens is 2. The van der Waals surface area contributed by atoms with Crippen LogP contribution in [0.25, 0.3) is 11.4 Å². The SMILES string of the molecule is Cc1nc(-c2ccoc2)nc(Cl)c1F. The summed E-state index contributed by atoms with van der Waals surface area (Å²) in [7, 11) is 0. The smallest absolute Gasteiger partial charge is 0.181 e. The van der Waals surface area contributed by atoms with Crippen molar-refractivity contribution in [2.24, 2.45) is 0 Å². The highest BCUT2D eigenvalue weighted by Gasteiger charge is 2.11. The van der Waals surface area contributed by atoms with Gasteiger partial charge in [0, 0.05) is 0 Å². The number of nitrogens with zero attached hydrogens (tertiary/aromatic N) is 2. The molecule has 0 unspecified atom stereocenters. The summed E-state index contributed by atoms with van der Waals surface area (Å²) in [6.45, 7) is 1.53. The molecular weight excluding hydrogens is 207 g/mol. The summed E-state index contributed by atoms with van der Waals surface area (Å²) in [6, 6.07) is 1.68. The van der Waals surface area contributed by atoms with Crippen molar-refractivity contribution < 1.29 is 8.81 Å². The van der Waals surface area contributed by atoms with Gasteiger partial charge in [0.15, 0.2) is 16.8 Å². The third-order valence-corrected chi connectivity index (χ3v) is 2.01. The van der Waals surface area contributed by atoms with E-state index in [-0.39, 0.29) is 10.8 Å². The molecule has 0 saturated carbocycles. The average molecular weight is 213 g/mol. The van der Waals surface area contributed by atoms with E-state index >= 15 is 0 Å². The quantitative estimate of drug-likeness (QED) is 0.683. The van der Waals surface area contributed by atoms with Crippen LogP contribution in [0.15, 0.2) is 23.0 Å². The molecule has 0 aromatic carbocycles. The van der Waals surface area contributed by atoms with Gasteiger partial charge in [0.1, 0.15) is 6.26 Å². The Morgan fingerprint density at radius 1 is 1.43 bits per heavy atom. The van der Waals surface area contributed by atoms with Gasteiger partial charge in [-0.2, -0.15) is 0 Å². The lowest BCUT2D eigenvalue weighted by molar-refractivity contribution is 0.567. The van der Waals surface area contributed by atoms with Crippen molar-refractivity contribution in [3.05, 3.63) is 35.3 Å². The summed E-state index contributed by atoms with van der Waals surface area (Å²) in [5, 5.41) is -0.172. The van der Waals surface area contributed by atoms with Crippen molar-refractivity contribution in [3.8, 4) is 11.4 Å². The van der Waals surface area contributed by atoms with Crippen LogP contribution >= 0.6 is 11.6 Å². The monoisotopic (exact) mass is 212 g/mol. The third-order valence-electron chi connectivity index (χ3n) is 1.76. The standard InChI is InChI=1S/C9H6ClFN2O/c1-5-7(11)8(10)13-9(12-5)6-2-3-14-4-6/h2-4H,1H3. The minimum Gasteiger partial charge on any atom is -0.472 e. The fraction of sp³-hybridized carbons (Fsp3) is 0.111. The Morgan fingerprint density at radius 3 is 2.79 bits per heavy atom. The molecule has 0 spiro atoms. The molecule has 72 valence electrons. The first-order valence-electron chi connectivity index (χ1n) is 3.90. The molecule has 0 aliphatic carbocycles. The first kappa shape index (κ1) is 9.15. The maximum absolute atomic E-state index is 13.1. The van der Waals surface area contributed by atoms with Crippen LogP contribution in [0.3, 0.4) is 0 Å². The number of aryl methyl sites for hydroxylation is 1. The van der Waals surface area contributed by atoms with Crippen molar-refractivity contribution >= 4 is 11.6 Å². The lowest BCUT2D eigenvalue weighted by Gasteiger charge is -2.00. The Bertz CT molecular complexity index is 433. The van der Waals surface area contributed by atoms with E-state index in [0.29, 0.717) is 11.4 Å². The molecule has 2 aromatic heterocycles. The summed E-state index contributed by atoms with van der Waals surface area (Å²) >= 11 is 5.58. The maximum atomic E-state index is 13.1. The second-order valence-corrected chi connectivity index (χ2v) is 3.11. The van der Waals surface area contributed by atoms with Gasteiger partial charge in [-0.15, -0.1) is 0 Å². The summed E-state index contributed by atoms with van der Waals surface area (Å²) in [4.78, 5) is 7.74. The lowest BCUT2D eigenvalue weighted by atomic mass is 10.3. The van der Waals surface area contributed by atoms with E-state index in [9.17, 15) is 4.39 Å². The zero-order valence-corrected chi connectivity index (χ0v) is 8.05. The number of rotatable bonds is 1. The molecule has 5 heteroatoms. The number of hydrogen-bond donors (Lipinski definition) is 0. The molecular formula is C9H6ClFN2O. The summed E-state index contributed by atoms with van der Waals surface area (Å²) < 4.78 is 17.9. The van der Waals surface area contributed by atoms with Crippen LogP contribution in [0.5, 0.6) is 0 Å². The fourth-order valence-corrected chi connectivity index (χ4v) is 1.26. The molecule has 0 bridgehead atoms. The van der Waals surface area contributed by atoms with Gasteiger partial charge >= 0.3 is 0 Å². The molecule has 0 atom stereocenters. The maximum Gasteiger partial charge on any atom is 0.181 e. The Morgan fingerprint density at radius 2 is 2.21 bits per heavy atom. The fourth-order valence-electron chi connectivity index (χ4n) is 1.05. The summed E-state index contributed by atoms with van der Waals surface area (Å²) in [5.74, 6) is -0.221. The van der Waals surface area contributed by atoms with E-state index in [4.69, 9.17) is 16.0 Å². The van der Waals surface area contributed by atoms with Crippen molar-refractivity contribution in [2.75, 3.05) is 0 Å². The van der Waals surface area contributed by atoms with Crippen LogP contribution in [0.2, 0.25) is 5.15 Å². The molecule has 3 nitrogen and oxygen atoms in total. The Hall–Kier alpha value is -1.42. The Balaban J connectivity index is 2.57. The van der Waals surface area contributed by atoms with Gasteiger partial charge in [-0.3, -0.25) is 0 Å². The van der Waals surface area contributed by atoms with Crippen molar-refractivity contribution in [1.29, 1.82) is 0 Å². The highest BCUT2D eigenvalue weighted by molar-refractivity contribution is 6.29. The van der Waals surface area contributed by atoms with E-state index in [1.165, 1.54) is 19.5 Å². The highest BCUT2D eigenvalue weighted by atomic mass is 35.5. The van der Waals surface area contributed by atoms with Crippen LogP contribution in [-0.4, -0.2) is 9.97 Å². The lowest BCUT2D eigenvalue weighted by Crippen LogP contribution is -1.96. The topological polar surface area (TPSA) is 38.9 Å².